The monoisotopic (exact) mass is 940 g/mol. The fraction of sp³-hybridized carbons (Fsp3) is 0.500. The van der Waals surface area contributed by atoms with Gasteiger partial charge in [-0.15, -0.1) is 0 Å². The highest BCUT2D eigenvalue weighted by molar-refractivity contribution is 5.91. The minimum Gasteiger partial charge on any atom is -0.497 e. The van der Waals surface area contributed by atoms with Gasteiger partial charge in [-0.05, 0) is 65.2 Å². The maximum atomic E-state index is 12.7. The minimum absolute atomic E-state index is 0.151. The normalized spacial score (nSPS) is 11.0. The van der Waals surface area contributed by atoms with Gasteiger partial charge in [-0.25, -0.2) is 4.79 Å². The van der Waals surface area contributed by atoms with Crippen molar-refractivity contribution < 1.29 is 80.6 Å². The van der Waals surface area contributed by atoms with Crippen molar-refractivity contribution in [3.8, 4) is 34.5 Å². The zero-order chi connectivity index (χ0) is 47.4. The van der Waals surface area contributed by atoms with Gasteiger partial charge in [0.05, 0.1) is 153 Å². The number of hydrogen-bond acceptors (Lipinski definition) is 17. The molecule has 0 saturated carbocycles. The van der Waals surface area contributed by atoms with Crippen molar-refractivity contribution in [3.63, 3.8) is 0 Å². The highest BCUT2D eigenvalue weighted by Gasteiger charge is 2.20. The SMILES string of the molecule is COC(=O)c1cc(OCCOCCOCCOCc2ccc(OC)cc2)c(OCCOCCOCCOCc2ccc(OC)cc2)c(OCCOCCOCCOCc2ccc(OC)cc2)c1. The Morgan fingerprint density at radius 1 is 0.343 bits per heavy atom. The summed E-state index contributed by atoms with van der Waals surface area (Å²) in [4.78, 5) is 12.7. The maximum absolute atomic E-state index is 12.7. The molecule has 0 aliphatic carbocycles. The quantitative estimate of drug-likeness (QED) is 0.0356. The molecule has 0 heterocycles. The number of ether oxygens (including phenoxy) is 16. The van der Waals surface area contributed by atoms with Gasteiger partial charge in [0.15, 0.2) is 11.5 Å². The summed E-state index contributed by atoms with van der Waals surface area (Å²) in [6, 6.07) is 26.2. The third kappa shape index (κ3) is 23.4. The van der Waals surface area contributed by atoms with Crippen LogP contribution < -0.4 is 28.4 Å². The molecule has 4 rings (SSSR count). The molecule has 0 N–H and O–H groups in total. The van der Waals surface area contributed by atoms with E-state index in [1.807, 2.05) is 72.8 Å². The highest BCUT2D eigenvalue weighted by Crippen LogP contribution is 2.39. The largest absolute Gasteiger partial charge is 0.497 e. The summed E-state index contributed by atoms with van der Waals surface area (Å²) in [5, 5.41) is 0. The summed E-state index contributed by atoms with van der Waals surface area (Å²) in [6.07, 6.45) is 0. The van der Waals surface area contributed by atoms with Crippen LogP contribution in [-0.4, -0.2) is 153 Å². The summed E-state index contributed by atoms with van der Waals surface area (Å²) in [5.74, 6) is 2.66. The van der Waals surface area contributed by atoms with E-state index in [0.717, 1.165) is 33.9 Å². The van der Waals surface area contributed by atoms with E-state index < -0.39 is 5.97 Å². The lowest BCUT2D eigenvalue weighted by molar-refractivity contribution is 0.00366. The van der Waals surface area contributed by atoms with Gasteiger partial charge >= 0.3 is 5.97 Å². The van der Waals surface area contributed by atoms with Crippen LogP contribution in [0.4, 0.5) is 0 Å². The fourth-order valence-electron chi connectivity index (χ4n) is 5.85. The van der Waals surface area contributed by atoms with Gasteiger partial charge in [-0.1, -0.05) is 36.4 Å². The second-order valence-corrected chi connectivity index (χ2v) is 14.2. The van der Waals surface area contributed by atoms with Crippen LogP contribution in [0.1, 0.15) is 27.0 Å². The van der Waals surface area contributed by atoms with E-state index in [1.54, 1.807) is 33.5 Å². The van der Waals surface area contributed by atoms with E-state index in [9.17, 15) is 4.79 Å². The standard InChI is InChI=1S/C50H68O17/c1-52-44-11-5-40(6-12-44)37-62-26-23-56-17-20-59-29-32-65-47-35-43(50(51)55-4)36-48(66-33-30-60-21-18-57-24-27-63-38-41-7-13-45(53-2)14-8-41)49(47)67-34-31-61-22-19-58-25-28-64-39-42-9-15-46(54-3)16-10-42/h5-16,35-36H,17-34,37-39H2,1-4H3. The first kappa shape index (κ1) is 54.4. The van der Waals surface area contributed by atoms with E-state index >= 15 is 0 Å². The van der Waals surface area contributed by atoms with Crippen LogP contribution in [0.5, 0.6) is 34.5 Å². The van der Waals surface area contributed by atoms with Gasteiger partial charge < -0.3 is 75.8 Å². The average molecular weight is 941 g/mol. The molecule has 17 heteroatoms. The van der Waals surface area contributed by atoms with E-state index in [1.165, 1.54) is 7.11 Å². The molecular weight excluding hydrogens is 873 g/mol. The van der Waals surface area contributed by atoms with Crippen molar-refractivity contribution in [2.24, 2.45) is 0 Å². The predicted octanol–water partition coefficient (Wildman–Crippen LogP) is 6.39. The third-order valence-electron chi connectivity index (χ3n) is 9.40. The Kier molecular flexibility index (Phi) is 28.4. The van der Waals surface area contributed by atoms with Crippen molar-refractivity contribution in [2.45, 2.75) is 19.8 Å². The number of carbonyl (C=O) groups is 1. The van der Waals surface area contributed by atoms with Crippen molar-refractivity contribution in [1.82, 2.24) is 0 Å². The second kappa shape index (κ2) is 35.0. The summed E-state index contributed by atoms with van der Waals surface area (Å²) in [7, 11) is 6.21. The number of esters is 1. The number of rotatable bonds is 40. The van der Waals surface area contributed by atoms with Gasteiger partial charge in [-0.2, -0.15) is 0 Å². The number of methoxy groups -OCH3 is 4. The molecule has 4 aromatic carbocycles. The number of hydrogen-bond donors (Lipinski definition) is 0. The number of benzene rings is 4. The fourth-order valence-corrected chi connectivity index (χ4v) is 5.85. The first-order valence-corrected chi connectivity index (χ1v) is 22.3. The van der Waals surface area contributed by atoms with Crippen molar-refractivity contribution >= 4 is 5.97 Å². The molecule has 0 bridgehead atoms. The molecule has 0 radical (unpaired) electrons. The van der Waals surface area contributed by atoms with Gasteiger partial charge in [0.25, 0.3) is 0 Å². The van der Waals surface area contributed by atoms with Crippen molar-refractivity contribution in [1.29, 1.82) is 0 Å². The van der Waals surface area contributed by atoms with E-state index in [-0.39, 0.29) is 62.5 Å². The van der Waals surface area contributed by atoms with Crippen LogP contribution >= 0.6 is 0 Å². The van der Waals surface area contributed by atoms with E-state index in [0.29, 0.717) is 99.1 Å². The molecule has 0 aliphatic rings. The van der Waals surface area contributed by atoms with Crippen LogP contribution in [0.2, 0.25) is 0 Å². The third-order valence-corrected chi connectivity index (χ3v) is 9.40. The van der Waals surface area contributed by atoms with Crippen molar-refractivity contribution in [3.05, 3.63) is 107 Å². The Balaban J connectivity index is 1.17. The zero-order valence-electron chi connectivity index (χ0n) is 39.4. The molecule has 0 unspecified atom stereocenters. The molecule has 0 aromatic heterocycles. The Bertz CT molecular complexity index is 1770. The van der Waals surface area contributed by atoms with Crippen LogP contribution in [0.15, 0.2) is 84.9 Å². The predicted molar refractivity (Wildman–Crippen MR) is 247 cm³/mol. The van der Waals surface area contributed by atoms with E-state index in [4.69, 9.17) is 75.8 Å². The van der Waals surface area contributed by atoms with Crippen LogP contribution in [0, 0.1) is 0 Å². The highest BCUT2D eigenvalue weighted by atomic mass is 16.6. The average Bonchev–Trinajstić information content (AvgIpc) is 3.37. The molecule has 0 amide bonds. The lowest BCUT2D eigenvalue weighted by Crippen LogP contribution is -2.16. The lowest BCUT2D eigenvalue weighted by Gasteiger charge is -2.18. The Morgan fingerprint density at radius 2 is 0.612 bits per heavy atom. The van der Waals surface area contributed by atoms with E-state index in [2.05, 4.69) is 0 Å². The van der Waals surface area contributed by atoms with Gasteiger partial charge in [-0.3, -0.25) is 0 Å². The molecule has 0 saturated heterocycles. The summed E-state index contributed by atoms with van der Waals surface area (Å²) in [6.45, 7) is 7.48. The lowest BCUT2D eigenvalue weighted by atomic mass is 10.2. The van der Waals surface area contributed by atoms with Gasteiger partial charge in [0.1, 0.15) is 37.1 Å². The molecule has 0 spiro atoms. The minimum atomic E-state index is -0.571. The summed E-state index contributed by atoms with van der Waals surface area (Å²) in [5.41, 5.74) is 3.37. The van der Waals surface area contributed by atoms with Crippen LogP contribution in [0.3, 0.4) is 0 Å². The molecule has 0 atom stereocenters. The van der Waals surface area contributed by atoms with Crippen molar-refractivity contribution in [2.75, 3.05) is 147 Å². The molecule has 17 nitrogen and oxygen atoms in total. The van der Waals surface area contributed by atoms with Gasteiger partial charge in [0, 0.05) is 0 Å². The smallest absolute Gasteiger partial charge is 0.338 e. The first-order valence-electron chi connectivity index (χ1n) is 22.3. The Hall–Kier alpha value is -5.21. The van der Waals surface area contributed by atoms with Gasteiger partial charge in [0.2, 0.25) is 5.75 Å². The van der Waals surface area contributed by atoms with Crippen LogP contribution in [0.25, 0.3) is 0 Å². The summed E-state index contributed by atoms with van der Waals surface area (Å²) >= 11 is 0. The molecule has 0 fully saturated rings. The molecule has 67 heavy (non-hydrogen) atoms. The topological polar surface area (TPSA) is 165 Å². The Labute approximate surface area is 394 Å². The van der Waals surface area contributed by atoms with Crippen LogP contribution in [-0.2, 0) is 67.2 Å². The molecule has 370 valence electrons. The number of carbonyl (C=O) groups excluding carboxylic acids is 1. The second-order valence-electron chi connectivity index (χ2n) is 14.2. The molecular formula is C50H68O17. The maximum Gasteiger partial charge on any atom is 0.338 e. The first-order chi connectivity index (χ1) is 33.0. The molecule has 4 aromatic rings. The summed E-state index contributed by atoms with van der Waals surface area (Å²) < 4.78 is 90.2. The molecule has 0 aliphatic heterocycles. The zero-order valence-corrected chi connectivity index (χ0v) is 39.4. The Morgan fingerprint density at radius 3 is 0.896 bits per heavy atom.